The van der Waals surface area contributed by atoms with E-state index in [0.717, 1.165) is 13.1 Å². The Morgan fingerprint density at radius 3 is 1.52 bits per heavy atom. The molecule has 0 spiro atoms. The number of halogens is 1. The Kier molecular flexibility index (Phi) is 25.7. The Labute approximate surface area is 164 Å². The van der Waals surface area contributed by atoms with Crippen LogP contribution in [0.2, 0.25) is 0 Å². The number of aliphatic hydroxyl groups excluding tert-OH is 1. The fourth-order valence-corrected chi connectivity index (χ4v) is 3.15. The summed E-state index contributed by atoms with van der Waals surface area (Å²) in [5.41, 5.74) is 0. The van der Waals surface area contributed by atoms with Gasteiger partial charge in [0, 0.05) is 13.1 Å². The summed E-state index contributed by atoms with van der Waals surface area (Å²) >= 11 is 0. The fraction of sp³-hybridized carbons (Fsp3) is 0.909. The number of rotatable bonds is 19. The van der Waals surface area contributed by atoms with E-state index in [2.05, 4.69) is 31.0 Å². The zero-order valence-corrected chi connectivity index (χ0v) is 18.0. The van der Waals surface area contributed by atoms with Crippen LogP contribution >= 0.6 is 12.4 Å². The second kappa shape index (κ2) is 23.8. The lowest BCUT2D eigenvalue weighted by Crippen LogP contribution is -2.20. The maximum Gasteiger partial charge on any atom is 0.0606 e. The average molecular weight is 376 g/mol. The highest BCUT2D eigenvalue weighted by Gasteiger charge is 1.95. The molecular formula is C22H46ClNO. The van der Waals surface area contributed by atoms with Gasteiger partial charge >= 0.3 is 0 Å². The van der Waals surface area contributed by atoms with Crippen molar-refractivity contribution >= 4 is 12.4 Å². The second-order valence-electron chi connectivity index (χ2n) is 7.12. The van der Waals surface area contributed by atoms with Gasteiger partial charge in [0.05, 0.1) is 6.61 Å². The molecule has 0 amide bonds. The standard InChI is InChI=1S/C22H45NO.ClH/c1-3-5-6-7-8-9-10-11-12-13-14-15-16-17-18-19-20-23(4-2)21-22-24;/h19-20,24H,3-18,21-22H2,1-2H3;1H. The zero-order valence-electron chi connectivity index (χ0n) is 17.2. The van der Waals surface area contributed by atoms with Crippen molar-refractivity contribution < 1.29 is 5.11 Å². The summed E-state index contributed by atoms with van der Waals surface area (Å²) in [6, 6.07) is 0. The molecule has 0 fully saturated rings. The Hall–Kier alpha value is -0.210. The smallest absolute Gasteiger partial charge is 0.0606 e. The van der Waals surface area contributed by atoms with Gasteiger partial charge in [-0.2, -0.15) is 0 Å². The molecule has 0 saturated carbocycles. The largest absolute Gasteiger partial charge is 0.395 e. The van der Waals surface area contributed by atoms with Gasteiger partial charge in [-0.3, -0.25) is 0 Å². The van der Waals surface area contributed by atoms with Gasteiger partial charge in [0.25, 0.3) is 0 Å². The van der Waals surface area contributed by atoms with E-state index >= 15 is 0 Å². The van der Waals surface area contributed by atoms with E-state index in [4.69, 9.17) is 5.11 Å². The SMILES string of the molecule is CCCCCCCCCCCCCCCCC=CN(CC)CCO.Cl. The van der Waals surface area contributed by atoms with Crippen LogP contribution in [0.15, 0.2) is 12.3 Å². The molecule has 0 heterocycles. The van der Waals surface area contributed by atoms with Crippen LogP contribution in [0, 0.1) is 0 Å². The van der Waals surface area contributed by atoms with Gasteiger partial charge in [-0.15, -0.1) is 12.4 Å². The Morgan fingerprint density at radius 2 is 1.12 bits per heavy atom. The molecule has 0 aromatic rings. The predicted octanol–water partition coefficient (Wildman–Crippen LogP) is 7.11. The van der Waals surface area contributed by atoms with Gasteiger partial charge in [0.15, 0.2) is 0 Å². The summed E-state index contributed by atoms with van der Waals surface area (Å²) in [6.07, 6.45) is 25.5. The van der Waals surface area contributed by atoms with Crippen molar-refractivity contribution in [1.29, 1.82) is 0 Å². The minimum absolute atomic E-state index is 0. The first-order chi connectivity index (χ1) is 11.8. The van der Waals surface area contributed by atoms with Crippen molar-refractivity contribution in [3.8, 4) is 0 Å². The number of nitrogens with zero attached hydrogens (tertiary/aromatic N) is 1. The van der Waals surface area contributed by atoms with Crippen LogP contribution in [0.3, 0.4) is 0 Å². The Balaban J connectivity index is 0. The molecule has 0 unspecified atom stereocenters. The quantitative estimate of drug-likeness (QED) is 0.243. The number of aliphatic hydroxyl groups is 1. The van der Waals surface area contributed by atoms with Crippen LogP contribution in [0.25, 0.3) is 0 Å². The maximum atomic E-state index is 8.93. The summed E-state index contributed by atoms with van der Waals surface area (Å²) in [5, 5.41) is 8.93. The maximum absolute atomic E-state index is 8.93. The lowest BCUT2D eigenvalue weighted by molar-refractivity contribution is 0.241. The first-order valence-corrected chi connectivity index (χ1v) is 10.9. The molecule has 0 atom stereocenters. The molecular weight excluding hydrogens is 330 g/mol. The minimum Gasteiger partial charge on any atom is -0.395 e. The molecule has 3 heteroatoms. The first-order valence-electron chi connectivity index (χ1n) is 10.9. The third kappa shape index (κ3) is 21.7. The molecule has 0 bridgehead atoms. The number of hydrogen-bond acceptors (Lipinski definition) is 2. The van der Waals surface area contributed by atoms with Crippen molar-refractivity contribution in [2.75, 3.05) is 19.7 Å². The van der Waals surface area contributed by atoms with Crippen LogP contribution < -0.4 is 0 Å². The van der Waals surface area contributed by atoms with E-state index in [9.17, 15) is 0 Å². The molecule has 0 aliphatic carbocycles. The van der Waals surface area contributed by atoms with Gasteiger partial charge in [-0.25, -0.2) is 0 Å². The van der Waals surface area contributed by atoms with Crippen molar-refractivity contribution in [2.45, 2.75) is 110 Å². The fourth-order valence-electron chi connectivity index (χ4n) is 3.15. The molecule has 0 aliphatic heterocycles. The summed E-state index contributed by atoms with van der Waals surface area (Å²) < 4.78 is 0. The van der Waals surface area contributed by atoms with Crippen molar-refractivity contribution in [3.63, 3.8) is 0 Å². The van der Waals surface area contributed by atoms with E-state index in [-0.39, 0.29) is 19.0 Å². The van der Waals surface area contributed by atoms with Gasteiger partial charge in [0.1, 0.15) is 0 Å². The summed E-state index contributed by atoms with van der Waals surface area (Å²) in [5.74, 6) is 0. The molecule has 0 aromatic carbocycles. The van der Waals surface area contributed by atoms with Crippen LogP contribution in [0.5, 0.6) is 0 Å². The molecule has 0 aromatic heterocycles. The summed E-state index contributed by atoms with van der Waals surface area (Å²) in [4.78, 5) is 2.17. The van der Waals surface area contributed by atoms with Gasteiger partial charge in [-0.1, -0.05) is 96.5 Å². The normalized spacial score (nSPS) is 11.0. The van der Waals surface area contributed by atoms with E-state index in [1.165, 1.54) is 96.3 Å². The van der Waals surface area contributed by atoms with Crippen LogP contribution in [0.1, 0.15) is 110 Å². The molecule has 2 nitrogen and oxygen atoms in total. The lowest BCUT2D eigenvalue weighted by atomic mass is 10.0. The van der Waals surface area contributed by atoms with Gasteiger partial charge < -0.3 is 10.0 Å². The third-order valence-corrected chi connectivity index (χ3v) is 4.83. The topological polar surface area (TPSA) is 23.5 Å². The van der Waals surface area contributed by atoms with Crippen LogP contribution in [-0.2, 0) is 0 Å². The second-order valence-corrected chi connectivity index (χ2v) is 7.12. The van der Waals surface area contributed by atoms with Crippen LogP contribution in [-0.4, -0.2) is 29.7 Å². The molecule has 1 N–H and O–H groups in total. The number of hydrogen-bond donors (Lipinski definition) is 1. The van der Waals surface area contributed by atoms with E-state index in [0.29, 0.717) is 0 Å². The third-order valence-electron chi connectivity index (χ3n) is 4.83. The average Bonchev–Trinajstić information content (AvgIpc) is 2.60. The molecule has 0 radical (unpaired) electrons. The number of likely N-dealkylation sites (N-methyl/N-ethyl adjacent to an activating group) is 1. The first kappa shape index (κ1) is 27.0. The van der Waals surface area contributed by atoms with Crippen molar-refractivity contribution in [1.82, 2.24) is 4.90 Å². The highest BCUT2D eigenvalue weighted by atomic mass is 35.5. The summed E-state index contributed by atoms with van der Waals surface area (Å²) in [7, 11) is 0. The van der Waals surface area contributed by atoms with E-state index < -0.39 is 0 Å². The molecule has 0 saturated heterocycles. The molecule has 152 valence electrons. The molecule has 25 heavy (non-hydrogen) atoms. The highest BCUT2D eigenvalue weighted by molar-refractivity contribution is 5.85. The molecule has 0 rings (SSSR count). The lowest BCUT2D eigenvalue weighted by Gasteiger charge is -2.15. The van der Waals surface area contributed by atoms with Gasteiger partial charge in [0.2, 0.25) is 0 Å². The number of allylic oxidation sites excluding steroid dienone is 1. The Morgan fingerprint density at radius 1 is 0.680 bits per heavy atom. The van der Waals surface area contributed by atoms with E-state index in [1.54, 1.807) is 0 Å². The van der Waals surface area contributed by atoms with Gasteiger partial charge in [-0.05, 0) is 26.0 Å². The summed E-state index contributed by atoms with van der Waals surface area (Å²) in [6.45, 7) is 6.40. The van der Waals surface area contributed by atoms with Crippen LogP contribution in [0.4, 0.5) is 0 Å². The monoisotopic (exact) mass is 375 g/mol. The Bertz CT molecular complexity index is 258. The van der Waals surface area contributed by atoms with E-state index in [1.807, 2.05) is 0 Å². The number of unbranched alkanes of at least 4 members (excludes halogenated alkanes) is 14. The van der Waals surface area contributed by atoms with Crippen molar-refractivity contribution in [2.24, 2.45) is 0 Å². The predicted molar refractivity (Wildman–Crippen MR) is 116 cm³/mol. The van der Waals surface area contributed by atoms with Crippen molar-refractivity contribution in [3.05, 3.63) is 12.3 Å². The minimum atomic E-state index is 0. The highest BCUT2D eigenvalue weighted by Crippen LogP contribution is 2.13. The molecule has 0 aliphatic rings. The zero-order chi connectivity index (χ0) is 17.7.